The van der Waals surface area contributed by atoms with Gasteiger partial charge < -0.3 is 5.11 Å². The number of aromatic carboxylic acids is 1. The Morgan fingerprint density at radius 2 is 2.17 bits per heavy atom. The number of carbonyl (C=O) groups is 1. The molecule has 0 aliphatic carbocycles. The molecule has 0 aliphatic rings. The number of hydrogen-bond donors (Lipinski definition) is 1. The molecule has 0 aliphatic heterocycles. The van der Waals surface area contributed by atoms with E-state index in [-0.39, 0.29) is 16.0 Å². The molecule has 0 atom stereocenters. The Bertz CT molecular complexity index is 631. The number of benzene rings is 1. The fourth-order valence-electron chi connectivity index (χ4n) is 1.48. The van der Waals surface area contributed by atoms with E-state index in [0.29, 0.717) is 5.56 Å². The molecule has 0 saturated heterocycles. The van der Waals surface area contributed by atoms with Crippen molar-refractivity contribution in [2.45, 2.75) is 6.92 Å². The van der Waals surface area contributed by atoms with Crippen LogP contribution in [0.5, 0.6) is 0 Å². The zero-order valence-electron chi connectivity index (χ0n) is 9.32. The quantitative estimate of drug-likeness (QED) is 0.926. The first-order chi connectivity index (χ1) is 8.49. The fourth-order valence-corrected chi connectivity index (χ4v) is 1.84. The van der Waals surface area contributed by atoms with Crippen molar-refractivity contribution in [3.05, 3.63) is 45.9 Å². The third-order valence-corrected chi connectivity index (χ3v) is 2.97. The van der Waals surface area contributed by atoms with Crippen LogP contribution in [-0.4, -0.2) is 21.0 Å². The molecule has 0 fully saturated rings. The van der Waals surface area contributed by atoms with Crippen LogP contribution < -0.4 is 0 Å². The van der Waals surface area contributed by atoms with E-state index in [1.165, 1.54) is 18.3 Å². The van der Waals surface area contributed by atoms with Gasteiger partial charge in [-0.25, -0.2) is 19.2 Å². The Hall–Kier alpha value is -1.82. The van der Waals surface area contributed by atoms with Gasteiger partial charge in [-0.15, -0.1) is 0 Å². The minimum Gasteiger partial charge on any atom is -0.476 e. The van der Waals surface area contributed by atoms with Crippen molar-refractivity contribution in [3.8, 4) is 11.4 Å². The van der Waals surface area contributed by atoms with Crippen molar-refractivity contribution in [3.63, 3.8) is 0 Å². The number of aromatic nitrogens is 2. The second kappa shape index (κ2) is 4.81. The molecule has 0 amide bonds. The highest BCUT2D eigenvalue weighted by Gasteiger charge is 2.14. The van der Waals surface area contributed by atoms with Gasteiger partial charge in [0, 0.05) is 11.8 Å². The highest BCUT2D eigenvalue weighted by molar-refractivity contribution is 9.10. The van der Waals surface area contributed by atoms with Gasteiger partial charge in [0.15, 0.2) is 11.5 Å². The molecule has 2 rings (SSSR count). The predicted octanol–water partition coefficient (Wildman–Crippen LogP) is 3.05. The molecule has 18 heavy (non-hydrogen) atoms. The number of nitrogens with zero attached hydrogens (tertiary/aromatic N) is 2. The summed E-state index contributed by atoms with van der Waals surface area (Å²) in [7, 11) is 0. The van der Waals surface area contributed by atoms with E-state index in [9.17, 15) is 9.18 Å². The summed E-state index contributed by atoms with van der Waals surface area (Å²) >= 11 is 3.06. The molecule has 1 N–H and O–H groups in total. The molecule has 1 aromatic carbocycles. The Balaban J connectivity index is 2.61. The first-order valence-electron chi connectivity index (χ1n) is 5.01. The van der Waals surface area contributed by atoms with Gasteiger partial charge in [0.05, 0.1) is 4.47 Å². The van der Waals surface area contributed by atoms with E-state index < -0.39 is 11.8 Å². The Morgan fingerprint density at radius 3 is 2.83 bits per heavy atom. The molecule has 0 unspecified atom stereocenters. The van der Waals surface area contributed by atoms with Gasteiger partial charge in [-0.1, -0.05) is 6.07 Å². The van der Waals surface area contributed by atoms with E-state index in [0.717, 1.165) is 5.56 Å². The van der Waals surface area contributed by atoms with Crippen LogP contribution in [0.4, 0.5) is 4.39 Å². The zero-order chi connectivity index (χ0) is 13.3. The lowest BCUT2D eigenvalue weighted by Crippen LogP contribution is -2.04. The Kier molecular flexibility index (Phi) is 3.38. The summed E-state index contributed by atoms with van der Waals surface area (Å²) in [5, 5.41) is 8.97. The largest absolute Gasteiger partial charge is 0.476 e. The fraction of sp³-hybridized carbons (Fsp3) is 0.0833. The normalized spacial score (nSPS) is 10.4. The molecule has 4 nitrogen and oxygen atoms in total. The SMILES string of the molecule is Cc1ccc(F)cc1-c1ncc(Br)c(C(=O)O)n1. The minimum absolute atomic E-state index is 0.149. The zero-order valence-corrected chi connectivity index (χ0v) is 10.9. The first kappa shape index (κ1) is 12.6. The molecular formula is C12H8BrFN2O2. The maximum atomic E-state index is 13.2. The van der Waals surface area contributed by atoms with E-state index in [1.54, 1.807) is 13.0 Å². The lowest BCUT2D eigenvalue weighted by molar-refractivity contribution is 0.0689. The van der Waals surface area contributed by atoms with Crippen LogP contribution in [0.15, 0.2) is 28.9 Å². The summed E-state index contributed by atoms with van der Waals surface area (Å²) in [4.78, 5) is 18.9. The van der Waals surface area contributed by atoms with Crippen LogP contribution in [0.1, 0.15) is 16.1 Å². The molecule has 0 saturated carbocycles. The first-order valence-corrected chi connectivity index (χ1v) is 5.80. The van der Waals surface area contributed by atoms with Crippen molar-refractivity contribution < 1.29 is 14.3 Å². The standard InChI is InChI=1S/C12H8BrFN2O2/c1-6-2-3-7(14)4-8(6)11-15-5-9(13)10(16-11)12(17)18/h2-5H,1H3,(H,17,18). The van der Waals surface area contributed by atoms with E-state index >= 15 is 0 Å². The van der Waals surface area contributed by atoms with Crippen molar-refractivity contribution >= 4 is 21.9 Å². The number of carboxylic acids is 1. The smallest absolute Gasteiger partial charge is 0.355 e. The monoisotopic (exact) mass is 310 g/mol. The third-order valence-electron chi connectivity index (χ3n) is 2.39. The van der Waals surface area contributed by atoms with Crippen LogP contribution in [0.25, 0.3) is 11.4 Å². The average Bonchev–Trinajstić information content (AvgIpc) is 2.33. The topological polar surface area (TPSA) is 63.1 Å². The van der Waals surface area contributed by atoms with Gasteiger partial charge in [-0.3, -0.25) is 0 Å². The summed E-state index contributed by atoms with van der Waals surface area (Å²) < 4.78 is 13.5. The molecule has 0 bridgehead atoms. The van der Waals surface area contributed by atoms with Crippen molar-refractivity contribution in [2.24, 2.45) is 0 Å². The van der Waals surface area contributed by atoms with Crippen LogP contribution in [0.3, 0.4) is 0 Å². The predicted molar refractivity (Wildman–Crippen MR) is 66.8 cm³/mol. The summed E-state index contributed by atoms with van der Waals surface area (Å²) in [6.07, 6.45) is 1.34. The minimum atomic E-state index is -1.17. The Morgan fingerprint density at radius 1 is 1.44 bits per heavy atom. The molecule has 0 spiro atoms. The van der Waals surface area contributed by atoms with Crippen molar-refractivity contribution in [1.82, 2.24) is 9.97 Å². The highest BCUT2D eigenvalue weighted by Crippen LogP contribution is 2.23. The molecule has 6 heteroatoms. The van der Waals surface area contributed by atoms with Crippen LogP contribution in [0.2, 0.25) is 0 Å². The Labute approximate surface area is 111 Å². The number of halogens is 2. The number of aryl methyl sites for hydroxylation is 1. The molecule has 92 valence electrons. The maximum absolute atomic E-state index is 13.2. The highest BCUT2D eigenvalue weighted by atomic mass is 79.9. The summed E-state index contributed by atoms with van der Waals surface area (Å²) in [5.41, 5.74) is 1.10. The van der Waals surface area contributed by atoms with Gasteiger partial charge in [0.25, 0.3) is 0 Å². The lowest BCUT2D eigenvalue weighted by atomic mass is 10.1. The van der Waals surface area contributed by atoms with Crippen LogP contribution in [-0.2, 0) is 0 Å². The number of hydrogen-bond acceptors (Lipinski definition) is 3. The molecule has 1 aromatic heterocycles. The summed E-state index contributed by atoms with van der Waals surface area (Å²) in [6.45, 7) is 1.78. The second-order valence-electron chi connectivity index (χ2n) is 3.65. The van der Waals surface area contributed by atoms with Crippen LogP contribution >= 0.6 is 15.9 Å². The summed E-state index contributed by atoms with van der Waals surface area (Å²) in [5.74, 6) is -1.40. The second-order valence-corrected chi connectivity index (χ2v) is 4.51. The van der Waals surface area contributed by atoms with Crippen molar-refractivity contribution in [2.75, 3.05) is 0 Å². The van der Waals surface area contributed by atoms with Crippen LogP contribution in [0, 0.1) is 12.7 Å². The molecule has 1 heterocycles. The molecule has 0 radical (unpaired) electrons. The van der Waals surface area contributed by atoms with Gasteiger partial charge >= 0.3 is 5.97 Å². The van der Waals surface area contributed by atoms with Gasteiger partial charge in [-0.2, -0.15) is 0 Å². The number of rotatable bonds is 2. The van der Waals surface area contributed by atoms with E-state index in [1.807, 2.05) is 0 Å². The van der Waals surface area contributed by atoms with E-state index in [4.69, 9.17) is 5.11 Å². The number of carboxylic acid groups (broad SMARTS) is 1. The van der Waals surface area contributed by atoms with Gasteiger partial charge in [0.1, 0.15) is 5.82 Å². The molecule has 2 aromatic rings. The van der Waals surface area contributed by atoms with E-state index in [2.05, 4.69) is 25.9 Å². The lowest BCUT2D eigenvalue weighted by Gasteiger charge is -2.06. The van der Waals surface area contributed by atoms with Crippen molar-refractivity contribution in [1.29, 1.82) is 0 Å². The third kappa shape index (κ3) is 2.38. The van der Waals surface area contributed by atoms with Gasteiger partial charge in [0.2, 0.25) is 0 Å². The van der Waals surface area contributed by atoms with Gasteiger partial charge in [-0.05, 0) is 40.5 Å². The maximum Gasteiger partial charge on any atom is 0.355 e. The summed E-state index contributed by atoms with van der Waals surface area (Å²) in [6, 6.07) is 4.20. The average molecular weight is 311 g/mol. The molecular weight excluding hydrogens is 303 g/mol.